The zero-order valence-electron chi connectivity index (χ0n) is 16.3. The van der Waals surface area contributed by atoms with Crippen molar-refractivity contribution in [3.8, 4) is 5.75 Å². The van der Waals surface area contributed by atoms with Crippen LogP contribution in [0.5, 0.6) is 5.75 Å². The first-order chi connectivity index (χ1) is 14.0. The summed E-state index contributed by atoms with van der Waals surface area (Å²) in [6.45, 7) is 3.50. The first-order valence-electron chi connectivity index (χ1n) is 9.58. The van der Waals surface area contributed by atoms with Gasteiger partial charge < -0.3 is 20.1 Å². The average molecular weight is 396 g/mol. The normalized spacial score (nSPS) is 13.8. The summed E-state index contributed by atoms with van der Waals surface area (Å²) < 4.78 is 5.29. The van der Waals surface area contributed by atoms with Crippen LogP contribution in [0.3, 0.4) is 0 Å². The van der Waals surface area contributed by atoms with Crippen LogP contribution in [0.2, 0.25) is 0 Å². The quantitative estimate of drug-likeness (QED) is 0.578. The summed E-state index contributed by atoms with van der Waals surface area (Å²) in [6, 6.07) is 10.5. The van der Waals surface area contributed by atoms with Gasteiger partial charge in [0.05, 0.1) is 24.5 Å². The lowest BCUT2D eigenvalue weighted by Gasteiger charge is -2.27. The maximum absolute atomic E-state index is 13.0. The highest BCUT2D eigenvalue weighted by atomic mass is 16.5. The van der Waals surface area contributed by atoms with Crippen molar-refractivity contribution in [3.05, 3.63) is 58.7 Å². The number of carbonyl (C=O) groups excluding carboxylic acids is 3. The molecule has 0 radical (unpaired) electrons. The molecule has 1 aliphatic heterocycles. The number of nitrogens with one attached hydrogen (secondary N) is 1. The van der Waals surface area contributed by atoms with Gasteiger partial charge >= 0.3 is 0 Å². The number of hydrogen-bond acceptors (Lipinski definition) is 5. The van der Waals surface area contributed by atoms with E-state index < -0.39 is 0 Å². The molecule has 2 aromatic rings. The van der Waals surface area contributed by atoms with Crippen LogP contribution in [0.1, 0.15) is 45.2 Å². The van der Waals surface area contributed by atoms with Crippen LogP contribution in [0.15, 0.2) is 36.4 Å². The molecule has 1 heterocycles. The third-order valence-electron chi connectivity index (χ3n) is 4.79. The fraction of sp³-hybridized carbons (Fsp3) is 0.318. The number of morpholine rings is 1. The minimum absolute atomic E-state index is 0.141. The van der Waals surface area contributed by atoms with E-state index in [1.165, 1.54) is 0 Å². The van der Waals surface area contributed by atoms with E-state index in [1.54, 1.807) is 42.2 Å². The Morgan fingerprint density at radius 3 is 2.62 bits per heavy atom. The number of rotatable bonds is 6. The molecule has 2 amide bonds. The number of amides is 2. The Morgan fingerprint density at radius 2 is 1.93 bits per heavy atom. The number of benzene rings is 2. The molecular weight excluding hydrogens is 372 g/mol. The van der Waals surface area contributed by atoms with Gasteiger partial charge in [0, 0.05) is 25.1 Å². The molecule has 1 aliphatic rings. The highest BCUT2D eigenvalue weighted by Crippen LogP contribution is 2.32. The van der Waals surface area contributed by atoms with Crippen LogP contribution in [-0.2, 0) is 16.0 Å². The van der Waals surface area contributed by atoms with Crippen molar-refractivity contribution in [3.63, 3.8) is 0 Å². The topological polar surface area (TPSA) is 95.9 Å². The molecule has 0 atom stereocenters. The SMILES string of the molecule is CCC(=O)Nc1cc(Cc2cccc(C=O)c2)cc(C(=O)N2CCOCC2)c1O. The lowest BCUT2D eigenvalue weighted by Crippen LogP contribution is -2.40. The second kappa shape index (κ2) is 9.34. The van der Waals surface area contributed by atoms with Gasteiger partial charge in [-0.15, -0.1) is 0 Å². The predicted octanol–water partition coefficient (Wildman–Crippen LogP) is 2.62. The van der Waals surface area contributed by atoms with Crippen LogP contribution in [0.4, 0.5) is 5.69 Å². The molecule has 2 N–H and O–H groups in total. The predicted molar refractivity (Wildman–Crippen MR) is 108 cm³/mol. The lowest BCUT2D eigenvalue weighted by molar-refractivity contribution is -0.115. The molecular formula is C22H24N2O5. The molecule has 0 spiro atoms. The number of phenolic OH excluding ortho intramolecular Hbond substituents is 1. The van der Waals surface area contributed by atoms with E-state index in [0.29, 0.717) is 38.3 Å². The molecule has 0 aliphatic carbocycles. The lowest BCUT2D eigenvalue weighted by atomic mass is 9.99. The van der Waals surface area contributed by atoms with Crippen molar-refractivity contribution in [2.75, 3.05) is 31.6 Å². The van der Waals surface area contributed by atoms with Crippen molar-refractivity contribution in [2.45, 2.75) is 19.8 Å². The largest absolute Gasteiger partial charge is 0.505 e. The number of ether oxygens (including phenoxy) is 1. The van der Waals surface area contributed by atoms with E-state index in [1.807, 2.05) is 6.07 Å². The molecule has 1 saturated heterocycles. The number of nitrogens with zero attached hydrogens (tertiary/aromatic N) is 1. The van der Waals surface area contributed by atoms with E-state index in [9.17, 15) is 19.5 Å². The third-order valence-corrected chi connectivity index (χ3v) is 4.79. The summed E-state index contributed by atoms with van der Waals surface area (Å²) in [4.78, 5) is 37.5. The number of anilines is 1. The van der Waals surface area contributed by atoms with Crippen molar-refractivity contribution in [2.24, 2.45) is 0 Å². The molecule has 152 valence electrons. The van der Waals surface area contributed by atoms with Crippen LogP contribution in [-0.4, -0.2) is 54.4 Å². The Morgan fingerprint density at radius 1 is 1.17 bits per heavy atom. The monoisotopic (exact) mass is 396 g/mol. The molecule has 0 bridgehead atoms. The second-order valence-corrected chi connectivity index (χ2v) is 6.89. The van der Waals surface area contributed by atoms with E-state index in [0.717, 1.165) is 17.4 Å². The molecule has 7 nitrogen and oxygen atoms in total. The first-order valence-corrected chi connectivity index (χ1v) is 9.58. The summed E-state index contributed by atoms with van der Waals surface area (Å²) in [5.41, 5.74) is 2.54. The van der Waals surface area contributed by atoms with Crippen LogP contribution in [0, 0.1) is 0 Å². The molecule has 29 heavy (non-hydrogen) atoms. The Balaban J connectivity index is 1.98. The molecule has 2 aromatic carbocycles. The van der Waals surface area contributed by atoms with Crippen LogP contribution in [0.25, 0.3) is 0 Å². The maximum atomic E-state index is 13.0. The summed E-state index contributed by atoms with van der Waals surface area (Å²) >= 11 is 0. The van der Waals surface area contributed by atoms with Gasteiger partial charge in [0.25, 0.3) is 5.91 Å². The Bertz CT molecular complexity index is 919. The van der Waals surface area contributed by atoms with Gasteiger partial charge in [-0.3, -0.25) is 14.4 Å². The summed E-state index contributed by atoms with van der Waals surface area (Å²) in [5, 5.41) is 13.3. The minimum atomic E-state index is -0.304. The van der Waals surface area contributed by atoms with Gasteiger partial charge in [0.2, 0.25) is 5.91 Å². The number of hydrogen-bond donors (Lipinski definition) is 2. The zero-order valence-corrected chi connectivity index (χ0v) is 16.3. The van der Waals surface area contributed by atoms with Crippen molar-refractivity contribution >= 4 is 23.8 Å². The van der Waals surface area contributed by atoms with Crippen LogP contribution < -0.4 is 5.32 Å². The molecule has 1 fully saturated rings. The number of aldehydes is 1. The molecule has 3 rings (SSSR count). The van der Waals surface area contributed by atoms with Gasteiger partial charge in [-0.05, 0) is 35.7 Å². The fourth-order valence-electron chi connectivity index (χ4n) is 3.24. The average Bonchev–Trinajstić information content (AvgIpc) is 2.76. The first kappa shape index (κ1) is 20.5. The Hall–Kier alpha value is -3.19. The maximum Gasteiger partial charge on any atom is 0.257 e. The van der Waals surface area contributed by atoms with Crippen LogP contribution >= 0.6 is 0 Å². The van der Waals surface area contributed by atoms with E-state index in [-0.39, 0.29) is 35.2 Å². The fourth-order valence-corrected chi connectivity index (χ4v) is 3.24. The van der Waals surface area contributed by atoms with Crippen molar-refractivity contribution in [1.29, 1.82) is 0 Å². The third kappa shape index (κ3) is 5.00. The summed E-state index contributed by atoms with van der Waals surface area (Å²) in [7, 11) is 0. The smallest absolute Gasteiger partial charge is 0.257 e. The summed E-state index contributed by atoms with van der Waals surface area (Å²) in [6.07, 6.45) is 1.47. The highest BCUT2D eigenvalue weighted by Gasteiger charge is 2.24. The molecule has 7 heteroatoms. The van der Waals surface area contributed by atoms with E-state index in [4.69, 9.17) is 4.74 Å². The zero-order chi connectivity index (χ0) is 20.8. The van der Waals surface area contributed by atoms with Gasteiger partial charge in [-0.1, -0.05) is 25.1 Å². The molecule has 0 aromatic heterocycles. The second-order valence-electron chi connectivity index (χ2n) is 6.89. The van der Waals surface area contributed by atoms with E-state index in [2.05, 4.69) is 5.32 Å². The van der Waals surface area contributed by atoms with E-state index >= 15 is 0 Å². The number of aromatic hydroxyl groups is 1. The highest BCUT2D eigenvalue weighted by molar-refractivity contribution is 6.01. The van der Waals surface area contributed by atoms with Gasteiger partial charge in [0.15, 0.2) is 5.75 Å². The standard InChI is InChI=1S/C22H24N2O5/c1-2-20(26)23-19-13-17(11-15-4-3-5-16(10-15)14-25)12-18(21(19)27)22(28)24-6-8-29-9-7-24/h3-5,10,12-14,27H,2,6-9,11H2,1H3,(H,23,26). The molecule has 0 unspecified atom stereocenters. The number of carbonyl (C=O) groups is 3. The van der Waals surface area contributed by atoms with Gasteiger partial charge in [-0.25, -0.2) is 0 Å². The Kier molecular flexibility index (Phi) is 6.61. The number of phenols is 1. The van der Waals surface area contributed by atoms with Gasteiger partial charge in [0.1, 0.15) is 6.29 Å². The van der Waals surface area contributed by atoms with Crippen molar-refractivity contribution < 1.29 is 24.2 Å². The van der Waals surface area contributed by atoms with Crippen molar-refractivity contribution in [1.82, 2.24) is 4.90 Å². The van der Waals surface area contributed by atoms with Gasteiger partial charge in [-0.2, -0.15) is 0 Å². The minimum Gasteiger partial charge on any atom is -0.505 e. The Labute approximate surface area is 169 Å². The molecule has 0 saturated carbocycles. The summed E-state index contributed by atoms with van der Waals surface area (Å²) in [5.74, 6) is -0.805.